The van der Waals surface area contributed by atoms with Gasteiger partial charge in [0, 0.05) is 14.3 Å². The Bertz CT molecular complexity index is 845. The molecule has 0 aromatic heterocycles. The third-order valence-corrected chi connectivity index (χ3v) is 5.30. The van der Waals surface area contributed by atoms with Crippen molar-refractivity contribution < 1.29 is 4.79 Å². The van der Waals surface area contributed by atoms with Crippen LogP contribution in [-0.4, -0.2) is 21.0 Å². The Hall–Kier alpha value is -0.220. The van der Waals surface area contributed by atoms with Crippen LogP contribution < -0.4 is 16.0 Å². The molecule has 0 saturated heterocycles. The quantitative estimate of drug-likeness (QED) is 0.175. The van der Waals surface area contributed by atoms with E-state index in [-0.39, 0.29) is 15.7 Å². The second-order valence-corrected chi connectivity index (χ2v) is 10.0. The molecule has 27 heavy (non-hydrogen) atoms. The third kappa shape index (κ3) is 7.27. The number of amides is 1. The number of alkyl halides is 3. The normalized spacial score (nSPS) is 12.2. The predicted molar refractivity (Wildman–Crippen MR) is 127 cm³/mol. The minimum Gasteiger partial charge on any atom is -0.339 e. The molecule has 0 spiro atoms. The van der Waals surface area contributed by atoms with Gasteiger partial charge in [-0.05, 0) is 77.3 Å². The van der Waals surface area contributed by atoms with E-state index in [1.807, 2.05) is 24.3 Å². The molecule has 2 rings (SSSR count). The van der Waals surface area contributed by atoms with Gasteiger partial charge < -0.3 is 16.0 Å². The molecule has 1 unspecified atom stereocenters. The van der Waals surface area contributed by atoms with E-state index in [0.29, 0.717) is 5.02 Å². The maximum absolute atomic E-state index is 12.5. The third-order valence-electron chi connectivity index (χ3n) is 3.16. The molecule has 0 saturated carbocycles. The lowest BCUT2D eigenvalue weighted by molar-refractivity contribution is 0.0934. The second-order valence-electron chi connectivity index (χ2n) is 5.18. The SMILES string of the molecule is O=C(NC(NC(=S)Nc1ccc(I)cc1)C(Cl)(Cl)Cl)c1ccc(Cl)cc1Cl. The Balaban J connectivity index is 2.09. The van der Waals surface area contributed by atoms with Gasteiger partial charge in [0.2, 0.25) is 3.79 Å². The van der Waals surface area contributed by atoms with E-state index in [4.69, 9.17) is 70.2 Å². The summed E-state index contributed by atoms with van der Waals surface area (Å²) in [6.07, 6.45) is -1.12. The smallest absolute Gasteiger partial charge is 0.254 e. The molecule has 1 atom stereocenters. The topological polar surface area (TPSA) is 53.2 Å². The zero-order valence-corrected chi connectivity index (χ0v) is 20.0. The Labute approximate surface area is 200 Å². The molecular weight excluding hydrogens is 586 g/mol. The molecular formula is C16H11Cl5IN3OS. The summed E-state index contributed by atoms with van der Waals surface area (Å²) in [5.74, 6) is -0.558. The molecule has 0 aliphatic rings. The summed E-state index contributed by atoms with van der Waals surface area (Å²) in [5, 5.41) is 9.01. The van der Waals surface area contributed by atoms with Crippen molar-refractivity contribution in [1.82, 2.24) is 10.6 Å². The predicted octanol–water partition coefficient (Wildman–Crippen LogP) is 6.01. The molecule has 1 amide bonds. The summed E-state index contributed by atoms with van der Waals surface area (Å²) in [5.41, 5.74) is 0.918. The number of hydrogen-bond donors (Lipinski definition) is 3. The molecule has 0 fully saturated rings. The van der Waals surface area contributed by atoms with Crippen LogP contribution in [0.3, 0.4) is 0 Å². The van der Waals surface area contributed by atoms with Crippen LogP contribution in [0.4, 0.5) is 5.69 Å². The highest BCUT2D eigenvalue weighted by Gasteiger charge is 2.35. The Kier molecular flexibility index (Phi) is 8.54. The summed E-state index contributed by atoms with van der Waals surface area (Å²) in [6.45, 7) is 0. The van der Waals surface area contributed by atoms with E-state index in [9.17, 15) is 4.79 Å². The molecule has 0 radical (unpaired) electrons. The van der Waals surface area contributed by atoms with Crippen molar-refractivity contribution in [1.29, 1.82) is 0 Å². The van der Waals surface area contributed by atoms with Gasteiger partial charge in [0.05, 0.1) is 10.6 Å². The van der Waals surface area contributed by atoms with Crippen LogP contribution in [0, 0.1) is 3.57 Å². The molecule has 0 aliphatic carbocycles. The fourth-order valence-electron chi connectivity index (χ4n) is 1.91. The highest BCUT2D eigenvalue weighted by molar-refractivity contribution is 14.1. The Morgan fingerprint density at radius 2 is 1.67 bits per heavy atom. The number of thiocarbonyl (C=S) groups is 1. The number of carbonyl (C=O) groups is 1. The van der Waals surface area contributed by atoms with Gasteiger partial charge in [0.25, 0.3) is 5.91 Å². The summed E-state index contributed by atoms with van der Waals surface area (Å²) >= 11 is 37.2. The number of benzene rings is 2. The standard InChI is InChI=1S/C16H11Cl5IN3OS/c17-8-1-6-11(12(18)7-8)13(26)24-14(16(19,20)21)25-15(27)23-10-4-2-9(22)3-5-10/h1-7,14H,(H,24,26)(H2,23,25,27). The molecule has 2 aromatic rings. The van der Waals surface area contributed by atoms with Crippen molar-refractivity contribution in [3.05, 3.63) is 61.6 Å². The number of anilines is 1. The summed E-state index contributed by atoms with van der Waals surface area (Å²) < 4.78 is -0.810. The van der Waals surface area contributed by atoms with Crippen molar-refractivity contribution >= 4 is 110 Å². The zero-order valence-electron chi connectivity index (χ0n) is 13.2. The van der Waals surface area contributed by atoms with Gasteiger partial charge >= 0.3 is 0 Å². The van der Waals surface area contributed by atoms with E-state index < -0.39 is 15.9 Å². The number of carbonyl (C=O) groups excluding carboxylic acids is 1. The van der Waals surface area contributed by atoms with Crippen molar-refractivity contribution in [2.75, 3.05) is 5.32 Å². The molecule has 4 nitrogen and oxygen atoms in total. The number of nitrogens with one attached hydrogen (secondary N) is 3. The van der Waals surface area contributed by atoms with Crippen molar-refractivity contribution in [3.63, 3.8) is 0 Å². The molecule has 0 bridgehead atoms. The molecule has 0 heterocycles. The van der Waals surface area contributed by atoms with E-state index in [1.54, 1.807) is 0 Å². The minimum absolute atomic E-state index is 0.162. The lowest BCUT2D eigenvalue weighted by Crippen LogP contribution is -2.56. The summed E-state index contributed by atoms with van der Waals surface area (Å²) in [7, 11) is 0. The minimum atomic E-state index is -1.88. The highest BCUT2D eigenvalue weighted by atomic mass is 127. The van der Waals surface area contributed by atoms with Crippen LogP contribution in [0.25, 0.3) is 0 Å². The van der Waals surface area contributed by atoms with Gasteiger partial charge in [-0.3, -0.25) is 4.79 Å². The summed E-state index contributed by atoms with van der Waals surface area (Å²) in [4.78, 5) is 12.5. The van der Waals surface area contributed by atoms with Crippen LogP contribution in [0.5, 0.6) is 0 Å². The fraction of sp³-hybridized carbons (Fsp3) is 0.125. The maximum atomic E-state index is 12.5. The molecule has 3 N–H and O–H groups in total. The zero-order chi connectivity index (χ0) is 20.2. The van der Waals surface area contributed by atoms with Crippen LogP contribution in [0.2, 0.25) is 10.0 Å². The first-order chi connectivity index (χ1) is 12.6. The van der Waals surface area contributed by atoms with Gasteiger partial charge in [0.15, 0.2) is 5.11 Å². The first kappa shape index (κ1) is 23.1. The number of halogens is 6. The van der Waals surface area contributed by atoms with Gasteiger partial charge in [-0.25, -0.2) is 0 Å². The number of rotatable bonds is 4. The van der Waals surface area contributed by atoms with Crippen molar-refractivity contribution in [2.24, 2.45) is 0 Å². The van der Waals surface area contributed by atoms with Crippen LogP contribution in [0.1, 0.15) is 10.4 Å². The van der Waals surface area contributed by atoms with E-state index in [2.05, 4.69) is 38.5 Å². The maximum Gasteiger partial charge on any atom is 0.254 e. The summed E-state index contributed by atoms with van der Waals surface area (Å²) in [6, 6.07) is 11.9. The van der Waals surface area contributed by atoms with Crippen molar-refractivity contribution in [3.8, 4) is 0 Å². The van der Waals surface area contributed by atoms with Crippen LogP contribution in [0.15, 0.2) is 42.5 Å². The second kappa shape index (κ2) is 10.0. The van der Waals surface area contributed by atoms with Gasteiger partial charge in [0.1, 0.15) is 6.17 Å². The van der Waals surface area contributed by atoms with E-state index in [1.165, 1.54) is 18.2 Å². The van der Waals surface area contributed by atoms with E-state index in [0.717, 1.165) is 9.26 Å². The lowest BCUT2D eigenvalue weighted by atomic mass is 10.2. The molecule has 0 aliphatic heterocycles. The lowest BCUT2D eigenvalue weighted by Gasteiger charge is -2.28. The Morgan fingerprint density at radius 1 is 1.04 bits per heavy atom. The van der Waals surface area contributed by atoms with E-state index >= 15 is 0 Å². The molecule has 2 aromatic carbocycles. The fourth-order valence-corrected chi connectivity index (χ4v) is 3.33. The van der Waals surface area contributed by atoms with Gasteiger partial charge in [-0.1, -0.05) is 58.0 Å². The number of hydrogen-bond acceptors (Lipinski definition) is 2. The average Bonchev–Trinajstić information content (AvgIpc) is 2.55. The molecule has 11 heteroatoms. The van der Waals surface area contributed by atoms with Gasteiger partial charge in [-0.2, -0.15) is 0 Å². The first-order valence-corrected chi connectivity index (χ1v) is 10.6. The molecule has 144 valence electrons. The monoisotopic (exact) mass is 595 g/mol. The average molecular weight is 598 g/mol. The first-order valence-electron chi connectivity index (χ1n) is 7.22. The largest absolute Gasteiger partial charge is 0.339 e. The van der Waals surface area contributed by atoms with Crippen molar-refractivity contribution in [2.45, 2.75) is 9.96 Å². The Morgan fingerprint density at radius 3 is 2.22 bits per heavy atom. The van der Waals surface area contributed by atoms with Gasteiger partial charge in [-0.15, -0.1) is 0 Å². The van der Waals surface area contributed by atoms with Crippen LogP contribution in [-0.2, 0) is 0 Å². The van der Waals surface area contributed by atoms with Crippen LogP contribution >= 0.6 is 92.8 Å². The highest BCUT2D eigenvalue weighted by Crippen LogP contribution is 2.30.